The standard InChI is InChI=1S/C27H32N4O2/c1-7-15-33-21-13-10-19(11-14-21)26-23-24(29-30(6)25(23)17(3)4)27(32)31(26)20-12-9-18(5)22(16-20)28-8-2/h8-14,16-17,26H,7,15H2,1-6H3. The van der Waals surface area contributed by atoms with E-state index in [0.717, 1.165) is 45.9 Å². The van der Waals surface area contributed by atoms with E-state index in [0.29, 0.717) is 12.3 Å². The smallest absolute Gasteiger partial charge is 0.280 e. The van der Waals surface area contributed by atoms with Crippen LogP contribution in [0, 0.1) is 6.92 Å². The van der Waals surface area contributed by atoms with E-state index < -0.39 is 0 Å². The first-order valence-corrected chi connectivity index (χ1v) is 11.6. The van der Waals surface area contributed by atoms with Crippen molar-refractivity contribution in [2.45, 2.75) is 53.0 Å². The van der Waals surface area contributed by atoms with Crippen LogP contribution in [0.4, 0.5) is 11.4 Å². The van der Waals surface area contributed by atoms with E-state index in [1.165, 1.54) is 0 Å². The Balaban J connectivity index is 1.87. The molecule has 1 unspecified atom stereocenters. The Kier molecular flexibility index (Phi) is 6.36. The Morgan fingerprint density at radius 2 is 1.91 bits per heavy atom. The fourth-order valence-electron chi connectivity index (χ4n) is 4.60. The number of aliphatic imine (C=N–C) groups is 1. The first-order chi connectivity index (χ1) is 15.9. The third-order valence-electron chi connectivity index (χ3n) is 6.04. The van der Waals surface area contributed by atoms with E-state index in [1.807, 2.05) is 60.8 Å². The number of aromatic nitrogens is 2. The molecule has 2 heterocycles. The van der Waals surface area contributed by atoms with E-state index >= 15 is 0 Å². The third-order valence-corrected chi connectivity index (χ3v) is 6.04. The average molecular weight is 445 g/mol. The van der Waals surface area contributed by atoms with E-state index in [-0.39, 0.29) is 17.9 Å². The number of ether oxygens (including phenoxy) is 1. The van der Waals surface area contributed by atoms with Crippen LogP contribution in [0.5, 0.6) is 5.75 Å². The van der Waals surface area contributed by atoms with Gasteiger partial charge in [0.1, 0.15) is 5.75 Å². The summed E-state index contributed by atoms with van der Waals surface area (Å²) >= 11 is 0. The molecular formula is C27H32N4O2. The number of hydrogen-bond donors (Lipinski definition) is 0. The highest BCUT2D eigenvalue weighted by atomic mass is 16.5. The number of benzene rings is 2. The van der Waals surface area contributed by atoms with Gasteiger partial charge < -0.3 is 4.74 Å². The maximum Gasteiger partial charge on any atom is 0.280 e. The van der Waals surface area contributed by atoms with E-state index in [1.54, 1.807) is 6.21 Å². The molecule has 2 aromatic carbocycles. The van der Waals surface area contributed by atoms with Gasteiger partial charge in [0.25, 0.3) is 5.91 Å². The molecule has 0 aliphatic carbocycles. The lowest BCUT2D eigenvalue weighted by molar-refractivity contribution is 0.0988. The summed E-state index contributed by atoms with van der Waals surface area (Å²) in [6.45, 7) is 11.0. The van der Waals surface area contributed by atoms with Crippen LogP contribution in [-0.2, 0) is 7.05 Å². The van der Waals surface area contributed by atoms with Gasteiger partial charge in [0.2, 0.25) is 0 Å². The number of rotatable bonds is 7. The Morgan fingerprint density at radius 3 is 2.55 bits per heavy atom. The molecule has 0 N–H and O–H groups in total. The minimum Gasteiger partial charge on any atom is -0.494 e. The highest BCUT2D eigenvalue weighted by Crippen LogP contribution is 2.45. The van der Waals surface area contributed by atoms with Gasteiger partial charge in [-0.2, -0.15) is 5.10 Å². The summed E-state index contributed by atoms with van der Waals surface area (Å²) in [4.78, 5) is 20.1. The molecule has 33 heavy (non-hydrogen) atoms. The number of nitrogens with zero attached hydrogens (tertiary/aromatic N) is 4. The molecule has 0 saturated carbocycles. The van der Waals surface area contributed by atoms with Crippen molar-refractivity contribution in [1.82, 2.24) is 9.78 Å². The molecule has 3 aromatic rings. The minimum atomic E-state index is -0.264. The van der Waals surface area contributed by atoms with E-state index in [4.69, 9.17) is 4.74 Å². The second-order valence-corrected chi connectivity index (χ2v) is 8.78. The van der Waals surface area contributed by atoms with Crippen molar-refractivity contribution < 1.29 is 9.53 Å². The van der Waals surface area contributed by atoms with Crippen LogP contribution < -0.4 is 9.64 Å². The molecule has 172 valence electrons. The van der Waals surface area contributed by atoms with Gasteiger partial charge in [-0.3, -0.25) is 19.4 Å². The number of hydrogen-bond acceptors (Lipinski definition) is 4. The van der Waals surface area contributed by atoms with Crippen LogP contribution in [-0.4, -0.2) is 28.5 Å². The molecule has 0 spiro atoms. The zero-order valence-corrected chi connectivity index (χ0v) is 20.3. The van der Waals surface area contributed by atoms with Crippen LogP contribution in [0.25, 0.3) is 0 Å². The van der Waals surface area contributed by atoms with E-state index in [9.17, 15) is 4.79 Å². The highest BCUT2D eigenvalue weighted by Gasteiger charge is 2.44. The van der Waals surface area contributed by atoms with Gasteiger partial charge in [-0.1, -0.05) is 39.0 Å². The third kappa shape index (κ3) is 4.06. The molecule has 1 atom stereocenters. The second kappa shape index (κ2) is 9.22. The van der Waals surface area contributed by atoms with Gasteiger partial charge in [0.05, 0.1) is 18.3 Å². The SMILES string of the molecule is CC=Nc1cc(N2C(=O)c3nn(C)c(C(C)C)c3C2c2ccc(OCCC)cc2)ccc1C. The lowest BCUT2D eigenvalue weighted by atomic mass is 9.94. The maximum atomic E-state index is 13.7. The summed E-state index contributed by atoms with van der Waals surface area (Å²) in [6.07, 6.45) is 2.73. The normalized spacial score (nSPS) is 15.7. The molecule has 0 fully saturated rings. The average Bonchev–Trinajstić information content (AvgIpc) is 3.27. The van der Waals surface area contributed by atoms with Crippen molar-refractivity contribution in [3.63, 3.8) is 0 Å². The summed E-state index contributed by atoms with van der Waals surface area (Å²) in [7, 11) is 1.92. The minimum absolute atomic E-state index is 0.0842. The van der Waals surface area contributed by atoms with Crippen molar-refractivity contribution in [3.05, 3.63) is 70.5 Å². The molecule has 4 rings (SSSR count). The first kappa shape index (κ1) is 22.8. The largest absolute Gasteiger partial charge is 0.494 e. The molecule has 1 aromatic heterocycles. The van der Waals surface area contributed by atoms with Crippen LogP contribution in [0.1, 0.15) is 78.9 Å². The Hall–Kier alpha value is -3.41. The lowest BCUT2D eigenvalue weighted by Crippen LogP contribution is -2.30. The van der Waals surface area contributed by atoms with Gasteiger partial charge >= 0.3 is 0 Å². The Labute approximate surface area is 195 Å². The topological polar surface area (TPSA) is 59.7 Å². The van der Waals surface area contributed by atoms with Gasteiger partial charge in [-0.15, -0.1) is 0 Å². The van der Waals surface area contributed by atoms with Crippen molar-refractivity contribution in [2.75, 3.05) is 11.5 Å². The monoisotopic (exact) mass is 444 g/mol. The summed E-state index contributed by atoms with van der Waals surface area (Å²) in [5.74, 6) is 0.980. The molecule has 6 nitrogen and oxygen atoms in total. The molecule has 0 bridgehead atoms. The van der Waals surface area contributed by atoms with Crippen LogP contribution in [0.15, 0.2) is 47.5 Å². The van der Waals surface area contributed by atoms with Gasteiger partial charge in [-0.25, -0.2) is 0 Å². The zero-order valence-electron chi connectivity index (χ0n) is 20.3. The summed E-state index contributed by atoms with van der Waals surface area (Å²) in [6, 6.07) is 13.8. The van der Waals surface area contributed by atoms with Crippen molar-refractivity contribution >= 4 is 23.5 Å². The fourth-order valence-corrected chi connectivity index (χ4v) is 4.60. The molecular weight excluding hydrogens is 412 g/mol. The number of fused-ring (bicyclic) bond motifs is 1. The summed E-state index contributed by atoms with van der Waals surface area (Å²) < 4.78 is 7.64. The molecule has 0 saturated heterocycles. The Bertz CT molecular complexity index is 1190. The van der Waals surface area contributed by atoms with Crippen molar-refractivity contribution in [3.8, 4) is 5.75 Å². The first-order valence-electron chi connectivity index (χ1n) is 11.6. The molecule has 0 radical (unpaired) electrons. The van der Waals surface area contributed by atoms with Crippen LogP contribution in [0.2, 0.25) is 0 Å². The maximum absolute atomic E-state index is 13.7. The van der Waals surface area contributed by atoms with Gasteiger partial charge in [0.15, 0.2) is 5.69 Å². The van der Waals surface area contributed by atoms with E-state index in [2.05, 4.69) is 43.0 Å². The summed E-state index contributed by atoms with van der Waals surface area (Å²) in [5.41, 5.74) is 6.37. The number of anilines is 1. The zero-order chi connectivity index (χ0) is 23.7. The second-order valence-electron chi connectivity index (χ2n) is 8.78. The predicted molar refractivity (Wildman–Crippen MR) is 133 cm³/mol. The van der Waals surface area contributed by atoms with Crippen molar-refractivity contribution in [1.29, 1.82) is 0 Å². The molecule has 1 amide bonds. The predicted octanol–water partition coefficient (Wildman–Crippen LogP) is 6.11. The number of carbonyl (C=O) groups excluding carboxylic acids is 1. The fraction of sp³-hybridized carbons (Fsp3) is 0.370. The molecule has 6 heteroatoms. The number of carbonyl (C=O) groups is 1. The highest BCUT2D eigenvalue weighted by molar-refractivity contribution is 6.11. The van der Waals surface area contributed by atoms with Crippen LogP contribution >= 0.6 is 0 Å². The van der Waals surface area contributed by atoms with Gasteiger partial charge in [0, 0.05) is 30.2 Å². The molecule has 1 aliphatic rings. The molecule has 1 aliphatic heterocycles. The lowest BCUT2D eigenvalue weighted by Gasteiger charge is -2.28. The van der Waals surface area contributed by atoms with Crippen molar-refractivity contribution in [2.24, 2.45) is 12.0 Å². The Morgan fingerprint density at radius 1 is 1.18 bits per heavy atom. The number of aryl methyl sites for hydroxylation is 2. The van der Waals surface area contributed by atoms with Crippen LogP contribution in [0.3, 0.4) is 0 Å². The quantitative estimate of drug-likeness (QED) is 0.413. The van der Waals surface area contributed by atoms with Gasteiger partial charge in [-0.05, 0) is 61.6 Å². The summed E-state index contributed by atoms with van der Waals surface area (Å²) in [5, 5.41) is 4.65. The number of amides is 1.